The second-order valence-electron chi connectivity index (χ2n) is 3.83. The number of ether oxygens (including phenoxy) is 1. The number of methoxy groups -OCH3 is 1. The maximum Gasteiger partial charge on any atom is 0.139 e. The van der Waals surface area contributed by atoms with Crippen molar-refractivity contribution in [3.63, 3.8) is 0 Å². The maximum absolute atomic E-state index is 6.11. The van der Waals surface area contributed by atoms with Gasteiger partial charge in [-0.25, -0.2) is 0 Å². The molecule has 2 aromatic carbocycles. The first kappa shape index (κ1) is 14.1. The molecular weight excluding hydrogens is 307 g/mol. The first-order chi connectivity index (χ1) is 9.01. The van der Waals surface area contributed by atoms with Crippen molar-refractivity contribution in [2.24, 2.45) is 0 Å². The monoisotopic (exact) mass is 316 g/mol. The summed E-state index contributed by atoms with van der Waals surface area (Å²) in [5.74, 6) is 0.564. The van der Waals surface area contributed by atoms with E-state index in [2.05, 4.69) is 5.32 Å². The molecule has 3 N–H and O–H groups in total. The quantitative estimate of drug-likeness (QED) is 0.785. The molecule has 6 heteroatoms. The molecule has 3 nitrogen and oxygen atoms in total. The Kier molecular flexibility index (Phi) is 4.30. The number of anilines is 3. The Morgan fingerprint density at radius 3 is 2.21 bits per heavy atom. The number of benzene rings is 2. The highest BCUT2D eigenvalue weighted by molar-refractivity contribution is 6.39. The van der Waals surface area contributed by atoms with E-state index in [1.54, 1.807) is 37.4 Å². The lowest BCUT2D eigenvalue weighted by atomic mass is 10.2. The van der Waals surface area contributed by atoms with Crippen LogP contribution >= 0.6 is 34.8 Å². The van der Waals surface area contributed by atoms with Crippen molar-refractivity contribution in [2.45, 2.75) is 0 Å². The van der Waals surface area contributed by atoms with Gasteiger partial charge in [0, 0.05) is 17.4 Å². The minimum absolute atomic E-state index is 0.443. The van der Waals surface area contributed by atoms with E-state index in [0.717, 1.165) is 5.69 Å². The summed E-state index contributed by atoms with van der Waals surface area (Å²) in [6.07, 6.45) is 0. The fourth-order valence-electron chi connectivity index (χ4n) is 1.59. The number of nitrogens with two attached hydrogens (primary N) is 1. The van der Waals surface area contributed by atoms with Crippen LogP contribution < -0.4 is 15.8 Å². The van der Waals surface area contributed by atoms with Gasteiger partial charge in [-0.3, -0.25) is 0 Å². The molecule has 2 rings (SSSR count). The lowest BCUT2D eigenvalue weighted by Gasteiger charge is -2.12. The highest BCUT2D eigenvalue weighted by Crippen LogP contribution is 2.36. The summed E-state index contributed by atoms with van der Waals surface area (Å²) in [4.78, 5) is 0. The van der Waals surface area contributed by atoms with Crippen LogP contribution in [0.15, 0.2) is 30.3 Å². The van der Waals surface area contributed by atoms with Crippen molar-refractivity contribution in [1.82, 2.24) is 0 Å². The fourth-order valence-corrected chi connectivity index (χ4v) is 2.39. The number of nitrogen functional groups attached to an aromatic ring is 1. The highest BCUT2D eigenvalue weighted by atomic mass is 35.5. The summed E-state index contributed by atoms with van der Waals surface area (Å²) >= 11 is 18.2. The molecule has 0 spiro atoms. The molecule has 0 aromatic heterocycles. The van der Waals surface area contributed by atoms with Crippen molar-refractivity contribution in [1.29, 1.82) is 0 Å². The van der Waals surface area contributed by atoms with Gasteiger partial charge in [0.25, 0.3) is 0 Å². The summed E-state index contributed by atoms with van der Waals surface area (Å²) in [6.45, 7) is 0. The molecule has 0 atom stereocenters. The third-order valence-corrected chi connectivity index (χ3v) is 3.39. The topological polar surface area (TPSA) is 47.3 Å². The van der Waals surface area contributed by atoms with E-state index in [1.807, 2.05) is 0 Å². The zero-order valence-electron chi connectivity index (χ0n) is 10.0. The third-order valence-electron chi connectivity index (χ3n) is 2.48. The van der Waals surface area contributed by atoms with Gasteiger partial charge < -0.3 is 15.8 Å². The first-order valence-electron chi connectivity index (χ1n) is 5.36. The minimum atomic E-state index is 0.443. The molecular formula is C13H11Cl3N2O. The molecule has 0 fully saturated rings. The van der Waals surface area contributed by atoms with Gasteiger partial charge >= 0.3 is 0 Å². The first-order valence-corrected chi connectivity index (χ1v) is 6.49. The Morgan fingerprint density at radius 1 is 1.00 bits per heavy atom. The van der Waals surface area contributed by atoms with Crippen molar-refractivity contribution >= 4 is 51.9 Å². The zero-order chi connectivity index (χ0) is 14.0. The minimum Gasteiger partial charge on any atom is -0.495 e. The molecule has 19 heavy (non-hydrogen) atoms. The molecule has 0 unspecified atom stereocenters. The van der Waals surface area contributed by atoms with Crippen molar-refractivity contribution in [2.75, 3.05) is 18.2 Å². The lowest BCUT2D eigenvalue weighted by molar-refractivity contribution is 0.415. The standard InChI is InChI=1S/C13H11Cl3N2O/c1-19-12-6-8(2-3-9(12)14)18-13-10(15)4-7(17)5-11(13)16/h2-6,18H,17H2,1H3. The van der Waals surface area contributed by atoms with Crippen molar-refractivity contribution in [3.8, 4) is 5.75 Å². The van der Waals surface area contributed by atoms with Crippen molar-refractivity contribution in [3.05, 3.63) is 45.4 Å². The lowest BCUT2D eigenvalue weighted by Crippen LogP contribution is -1.95. The van der Waals surface area contributed by atoms with Crippen molar-refractivity contribution < 1.29 is 4.74 Å². The number of nitrogens with one attached hydrogen (secondary N) is 1. The molecule has 0 aliphatic rings. The van der Waals surface area contributed by atoms with Gasteiger partial charge in [-0.1, -0.05) is 34.8 Å². The Morgan fingerprint density at radius 2 is 1.63 bits per heavy atom. The van der Waals surface area contributed by atoms with Gasteiger partial charge in [-0.15, -0.1) is 0 Å². The van der Waals surface area contributed by atoms with E-state index in [9.17, 15) is 0 Å². The van der Waals surface area contributed by atoms with Crippen LogP contribution in [0.1, 0.15) is 0 Å². The molecule has 0 amide bonds. The molecule has 100 valence electrons. The highest BCUT2D eigenvalue weighted by Gasteiger charge is 2.09. The van der Waals surface area contributed by atoms with Gasteiger partial charge in [-0.05, 0) is 24.3 Å². The molecule has 0 radical (unpaired) electrons. The Labute approximate surface area is 126 Å². The van der Waals surface area contributed by atoms with Gasteiger partial charge in [0.15, 0.2) is 0 Å². The molecule has 2 aromatic rings. The predicted octanol–water partition coefficient (Wildman–Crippen LogP) is 4.98. The summed E-state index contributed by atoms with van der Waals surface area (Å²) in [5, 5.41) is 4.53. The van der Waals surface area contributed by atoms with Gasteiger partial charge in [-0.2, -0.15) is 0 Å². The van der Waals surface area contributed by atoms with Crippen LogP contribution in [-0.2, 0) is 0 Å². The van der Waals surface area contributed by atoms with Gasteiger partial charge in [0.05, 0.1) is 27.9 Å². The second kappa shape index (κ2) is 5.78. The van der Waals surface area contributed by atoms with Crippen LogP contribution in [0.25, 0.3) is 0 Å². The fraction of sp³-hybridized carbons (Fsp3) is 0.0769. The molecule has 0 heterocycles. The van der Waals surface area contributed by atoms with Crippen LogP contribution in [0.3, 0.4) is 0 Å². The van der Waals surface area contributed by atoms with Crippen LogP contribution in [0, 0.1) is 0 Å². The number of rotatable bonds is 3. The summed E-state index contributed by atoms with van der Waals surface area (Å²) in [7, 11) is 1.55. The largest absolute Gasteiger partial charge is 0.495 e. The molecule has 0 saturated carbocycles. The van der Waals surface area contributed by atoms with E-state index in [4.69, 9.17) is 45.3 Å². The normalized spacial score (nSPS) is 10.3. The molecule has 0 saturated heterocycles. The zero-order valence-corrected chi connectivity index (χ0v) is 12.3. The second-order valence-corrected chi connectivity index (χ2v) is 5.06. The van der Waals surface area contributed by atoms with Gasteiger partial charge in [0.2, 0.25) is 0 Å². The number of hydrogen-bond acceptors (Lipinski definition) is 3. The number of hydrogen-bond donors (Lipinski definition) is 2. The van der Waals surface area contributed by atoms with Crippen LogP contribution in [0.5, 0.6) is 5.75 Å². The summed E-state index contributed by atoms with van der Waals surface area (Å²) in [6, 6.07) is 8.53. The third kappa shape index (κ3) is 3.18. The number of halogens is 3. The Balaban J connectivity index is 2.36. The smallest absolute Gasteiger partial charge is 0.139 e. The molecule has 0 bridgehead atoms. The molecule has 0 aliphatic heterocycles. The maximum atomic E-state index is 6.11. The summed E-state index contributed by atoms with van der Waals surface area (Å²) in [5.41, 5.74) is 7.51. The molecule has 0 aliphatic carbocycles. The van der Waals surface area contributed by atoms with E-state index >= 15 is 0 Å². The Hall–Kier alpha value is -1.29. The average molecular weight is 318 g/mol. The summed E-state index contributed by atoms with van der Waals surface area (Å²) < 4.78 is 5.15. The van der Waals surface area contributed by atoms with E-state index in [1.165, 1.54) is 0 Å². The van der Waals surface area contributed by atoms with E-state index < -0.39 is 0 Å². The van der Waals surface area contributed by atoms with Crippen LogP contribution in [0.2, 0.25) is 15.1 Å². The van der Waals surface area contributed by atoms with Crippen LogP contribution in [-0.4, -0.2) is 7.11 Å². The predicted molar refractivity (Wildman–Crippen MR) is 82.2 cm³/mol. The van der Waals surface area contributed by atoms with Crippen LogP contribution in [0.4, 0.5) is 17.1 Å². The van der Waals surface area contributed by atoms with Gasteiger partial charge in [0.1, 0.15) is 5.75 Å². The van der Waals surface area contributed by atoms with E-state index in [0.29, 0.717) is 32.2 Å². The van der Waals surface area contributed by atoms with E-state index in [-0.39, 0.29) is 0 Å². The average Bonchev–Trinajstić information content (AvgIpc) is 2.35. The SMILES string of the molecule is COc1cc(Nc2c(Cl)cc(N)cc2Cl)ccc1Cl. The Bertz CT molecular complexity index is 594.